The van der Waals surface area contributed by atoms with Gasteiger partial charge in [-0.3, -0.25) is 4.79 Å². The minimum Gasteiger partial charge on any atom is -0.489 e. The van der Waals surface area contributed by atoms with E-state index >= 15 is 0 Å². The quantitative estimate of drug-likeness (QED) is 0.510. The van der Waals surface area contributed by atoms with Crippen LogP contribution in [0.3, 0.4) is 0 Å². The van der Waals surface area contributed by atoms with Crippen molar-refractivity contribution >= 4 is 22.5 Å². The molecule has 30 heavy (non-hydrogen) atoms. The van der Waals surface area contributed by atoms with E-state index in [1.807, 2.05) is 0 Å². The minimum atomic E-state index is -4.37. The number of carbonyl (C=O) groups excluding carboxylic acids is 1. The maximum absolute atomic E-state index is 13.6. The lowest BCUT2D eigenvalue weighted by molar-refractivity contribution is -0.137. The van der Waals surface area contributed by atoms with Crippen molar-refractivity contribution in [3.8, 4) is 5.75 Å². The van der Waals surface area contributed by atoms with Crippen LogP contribution in [0.15, 0.2) is 48.7 Å². The van der Waals surface area contributed by atoms with Gasteiger partial charge < -0.3 is 15.0 Å². The molecule has 1 fully saturated rings. The van der Waals surface area contributed by atoms with Crippen LogP contribution in [-0.2, 0) is 17.6 Å². The molecule has 0 unspecified atom stereocenters. The first-order chi connectivity index (χ1) is 14.1. The van der Waals surface area contributed by atoms with Crippen LogP contribution in [0, 0.1) is 5.92 Å². The molecule has 0 spiro atoms. The first-order valence-electron chi connectivity index (χ1n) is 9.51. The average molecular weight is 420 g/mol. The predicted octanol–water partition coefficient (Wildman–Crippen LogP) is 5.84. The number of hydrogen-bond donors (Lipinski definition) is 2. The van der Waals surface area contributed by atoms with Gasteiger partial charge in [0.05, 0.1) is 11.3 Å². The van der Waals surface area contributed by atoms with E-state index in [1.54, 1.807) is 24.4 Å². The molecule has 1 heterocycles. The lowest BCUT2D eigenvalue weighted by Gasteiger charge is -2.37. The minimum absolute atomic E-state index is 0.104. The molecule has 4 nitrogen and oxygen atoms in total. The molecule has 0 atom stereocenters. The van der Waals surface area contributed by atoms with Crippen molar-refractivity contribution in [3.05, 3.63) is 59.8 Å². The molecule has 1 aromatic heterocycles. The number of carbonyl (C=O) groups is 1. The Morgan fingerprint density at radius 1 is 1.20 bits per heavy atom. The summed E-state index contributed by atoms with van der Waals surface area (Å²) >= 11 is 0. The van der Waals surface area contributed by atoms with Gasteiger partial charge in [0, 0.05) is 23.0 Å². The second-order valence-corrected chi connectivity index (χ2v) is 7.90. The van der Waals surface area contributed by atoms with E-state index < -0.39 is 17.4 Å². The highest BCUT2D eigenvalue weighted by molar-refractivity contribution is 6.03. The summed E-state index contributed by atoms with van der Waals surface area (Å²) < 4.78 is 57.3. The third-order valence-electron chi connectivity index (χ3n) is 5.31. The fourth-order valence-electron chi connectivity index (χ4n) is 3.64. The maximum atomic E-state index is 13.6. The number of alkyl halides is 4. The smallest absolute Gasteiger partial charge is 0.416 e. The number of aromatic nitrogens is 1. The number of rotatable bonds is 5. The van der Waals surface area contributed by atoms with Crippen molar-refractivity contribution in [1.82, 2.24) is 4.98 Å². The van der Waals surface area contributed by atoms with E-state index in [1.165, 1.54) is 19.1 Å². The van der Waals surface area contributed by atoms with Gasteiger partial charge in [0.15, 0.2) is 0 Å². The van der Waals surface area contributed by atoms with E-state index in [0.717, 1.165) is 23.0 Å². The molecule has 1 aliphatic carbocycles. The number of halogens is 4. The Morgan fingerprint density at radius 2 is 1.90 bits per heavy atom. The van der Waals surface area contributed by atoms with Crippen LogP contribution in [0.4, 0.5) is 23.2 Å². The van der Waals surface area contributed by atoms with Crippen molar-refractivity contribution in [1.29, 1.82) is 0 Å². The molecule has 2 N–H and O–H groups in total. The number of anilines is 1. The third kappa shape index (κ3) is 4.27. The van der Waals surface area contributed by atoms with Gasteiger partial charge in [-0.15, -0.1) is 0 Å². The Hall–Kier alpha value is -3.03. The normalized spacial score (nSPS) is 21.3. The molecule has 158 valence electrons. The van der Waals surface area contributed by atoms with Gasteiger partial charge in [-0.25, -0.2) is 4.39 Å². The monoisotopic (exact) mass is 420 g/mol. The summed E-state index contributed by atoms with van der Waals surface area (Å²) in [6.07, 6.45) is -2.29. The molecule has 1 amide bonds. The van der Waals surface area contributed by atoms with Gasteiger partial charge in [0.1, 0.15) is 18.0 Å². The summed E-state index contributed by atoms with van der Waals surface area (Å²) in [5.41, 5.74) is -0.0231. The number of H-pyrrole nitrogens is 1. The Kier molecular flexibility index (Phi) is 4.95. The van der Waals surface area contributed by atoms with Gasteiger partial charge in [-0.1, -0.05) is 12.1 Å². The van der Waals surface area contributed by atoms with Crippen LogP contribution in [-0.4, -0.2) is 16.6 Å². The second kappa shape index (κ2) is 7.34. The molecular weight excluding hydrogens is 400 g/mol. The fourth-order valence-corrected chi connectivity index (χ4v) is 3.64. The number of amides is 1. The molecule has 1 aliphatic rings. The summed E-state index contributed by atoms with van der Waals surface area (Å²) in [4.78, 5) is 15.4. The molecule has 0 radical (unpaired) electrons. The van der Waals surface area contributed by atoms with E-state index in [-0.39, 0.29) is 31.3 Å². The summed E-state index contributed by atoms with van der Waals surface area (Å²) in [5.74, 6) is -0.0522. The molecular formula is C22H20F4N2O2. The third-order valence-corrected chi connectivity index (χ3v) is 5.31. The predicted molar refractivity (Wildman–Crippen MR) is 105 cm³/mol. The molecule has 2 aromatic carbocycles. The van der Waals surface area contributed by atoms with Crippen molar-refractivity contribution in [2.24, 2.45) is 5.92 Å². The van der Waals surface area contributed by atoms with Gasteiger partial charge in [-0.05, 0) is 55.7 Å². The zero-order chi connectivity index (χ0) is 21.5. The van der Waals surface area contributed by atoms with Gasteiger partial charge in [0.2, 0.25) is 5.91 Å². The van der Waals surface area contributed by atoms with Crippen LogP contribution >= 0.6 is 0 Å². The number of ether oxygens (including phenoxy) is 1. The molecule has 3 aromatic rings. The number of hydrogen-bond acceptors (Lipinski definition) is 2. The number of benzene rings is 2. The van der Waals surface area contributed by atoms with Gasteiger partial charge in [-0.2, -0.15) is 13.2 Å². The Bertz CT molecular complexity index is 1060. The van der Waals surface area contributed by atoms with Crippen molar-refractivity contribution in [2.45, 2.75) is 38.2 Å². The summed E-state index contributed by atoms with van der Waals surface area (Å²) in [6.45, 7) is 1.59. The highest BCUT2D eigenvalue weighted by atomic mass is 19.4. The molecule has 0 saturated heterocycles. The van der Waals surface area contributed by atoms with E-state index in [2.05, 4.69) is 10.3 Å². The zero-order valence-electron chi connectivity index (χ0n) is 16.1. The maximum Gasteiger partial charge on any atom is 0.416 e. The molecule has 1 saturated carbocycles. The van der Waals surface area contributed by atoms with Crippen molar-refractivity contribution in [2.75, 3.05) is 5.32 Å². The summed E-state index contributed by atoms with van der Waals surface area (Å²) in [7, 11) is 0. The molecule has 4 rings (SSSR count). The van der Waals surface area contributed by atoms with E-state index in [4.69, 9.17) is 4.74 Å². The Labute approximate surface area is 170 Å². The highest BCUT2D eigenvalue weighted by Crippen LogP contribution is 2.41. The number of aromatic amines is 1. The van der Waals surface area contributed by atoms with Gasteiger partial charge in [0.25, 0.3) is 0 Å². The van der Waals surface area contributed by atoms with Crippen molar-refractivity contribution in [3.63, 3.8) is 0 Å². The molecule has 8 heteroatoms. The lowest BCUT2D eigenvalue weighted by Crippen LogP contribution is -2.43. The summed E-state index contributed by atoms with van der Waals surface area (Å²) in [5, 5.41) is 3.56. The molecule has 0 aliphatic heterocycles. The number of fused-ring (bicyclic) bond motifs is 1. The van der Waals surface area contributed by atoms with Crippen LogP contribution in [0.1, 0.15) is 30.9 Å². The van der Waals surface area contributed by atoms with Crippen LogP contribution in [0.2, 0.25) is 0 Å². The fraction of sp³-hybridized carbons (Fsp3) is 0.318. The highest BCUT2D eigenvalue weighted by Gasteiger charge is 2.44. The Balaban J connectivity index is 1.43. The van der Waals surface area contributed by atoms with Crippen molar-refractivity contribution < 1.29 is 27.1 Å². The Morgan fingerprint density at radius 3 is 2.53 bits per heavy atom. The largest absolute Gasteiger partial charge is 0.489 e. The second-order valence-electron chi connectivity index (χ2n) is 7.90. The average Bonchev–Trinajstić information content (AvgIpc) is 3.06. The van der Waals surface area contributed by atoms with Crippen LogP contribution in [0.5, 0.6) is 5.75 Å². The van der Waals surface area contributed by atoms with E-state index in [9.17, 15) is 22.4 Å². The SMILES string of the molecule is CC1(F)CC(C(=O)Nc2c[nH]c3ccc(OCc4ccc(C(F)(F)F)cc4)cc23)C1. The molecule has 0 bridgehead atoms. The van der Waals surface area contributed by atoms with E-state index in [0.29, 0.717) is 17.0 Å². The van der Waals surface area contributed by atoms with Crippen LogP contribution in [0.25, 0.3) is 10.9 Å². The van der Waals surface area contributed by atoms with Gasteiger partial charge >= 0.3 is 6.18 Å². The first kappa shape index (κ1) is 20.3. The number of nitrogens with one attached hydrogen (secondary N) is 2. The topological polar surface area (TPSA) is 54.1 Å². The van der Waals surface area contributed by atoms with Crippen LogP contribution < -0.4 is 10.1 Å². The zero-order valence-corrected chi connectivity index (χ0v) is 16.1. The summed E-state index contributed by atoms with van der Waals surface area (Å²) in [6, 6.07) is 10.0. The first-order valence-corrected chi connectivity index (χ1v) is 9.51. The standard InChI is InChI=1S/C22H20F4N2O2/c1-21(23)9-14(10-21)20(29)28-19-11-27-18-7-6-16(8-17(18)19)30-12-13-2-4-15(5-3-13)22(24,25)26/h2-8,11,14,27H,9-10,12H2,1H3,(H,28,29). The lowest BCUT2D eigenvalue weighted by atomic mass is 9.73.